The molecule has 94 valence electrons. The molecule has 0 spiro atoms. The predicted octanol–water partition coefficient (Wildman–Crippen LogP) is 1.37. The molecule has 1 rings (SSSR count). The number of benzene rings is 1. The molecule has 0 aliphatic rings. The van der Waals surface area contributed by atoms with E-state index in [9.17, 15) is 0 Å². The van der Waals surface area contributed by atoms with Crippen LogP contribution >= 0.6 is 0 Å². The zero-order valence-corrected chi connectivity index (χ0v) is 12.1. The van der Waals surface area contributed by atoms with Gasteiger partial charge in [-0.15, -0.1) is 0 Å². The molecule has 0 atom stereocenters. The molecule has 0 unspecified atom stereocenters. The van der Waals surface area contributed by atoms with Crippen molar-refractivity contribution in [3.63, 3.8) is 0 Å². The summed E-state index contributed by atoms with van der Waals surface area (Å²) in [7, 11) is 5.10. The summed E-state index contributed by atoms with van der Waals surface area (Å²) in [4.78, 5) is 2.10. The third-order valence-electron chi connectivity index (χ3n) is 2.77. The highest BCUT2D eigenvalue weighted by Gasteiger charge is 2.40. The van der Waals surface area contributed by atoms with Crippen molar-refractivity contribution in [1.29, 1.82) is 0 Å². The van der Waals surface area contributed by atoms with Crippen molar-refractivity contribution in [2.24, 2.45) is 0 Å². The van der Waals surface area contributed by atoms with Gasteiger partial charge in [0.1, 0.15) is 0 Å². The molecular weight excluding hydrogens is 230 g/mol. The molecule has 0 aliphatic carbocycles. The average Bonchev–Trinajstić information content (AvgIpc) is 2.35. The molecule has 4 heteroatoms. The van der Waals surface area contributed by atoms with Crippen LogP contribution in [0.1, 0.15) is 5.56 Å². The van der Waals surface area contributed by atoms with Gasteiger partial charge < -0.3 is 13.8 Å². The van der Waals surface area contributed by atoms with E-state index in [0.29, 0.717) is 0 Å². The predicted molar refractivity (Wildman–Crippen MR) is 74.5 cm³/mol. The van der Waals surface area contributed by atoms with E-state index in [4.69, 9.17) is 8.85 Å². The van der Waals surface area contributed by atoms with E-state index < -0.39 is 8.56 Å². The van der Waals surface area contributed by atoms with Crippen molar-refractivity contribution in [2.45, 2.75) is 0 Å². The number of hydrogen-bond acceptors (Lipinski definition) is 3. The van der Waals surface area contributed by atoms with Crippen molar-refractivity contribution in [2.75, 3.05) is 34.5 Å². The maximum Gasteiger partial charge on any atom is 0.387 e. The molecule has 0 heterocycles. The van der Waals surface area contributed by atoms with Gasteiger partial charge in [0.15, 0.2) is 0 Å². The van der Waals surface area contributed by atoms with Crippen molar-refractivity contribution >= 4 is 19.8 Å². The highest BCUT2D eigenvalue weighted by molar-refractivity contribution is 6.81. The molecule has 0 bridgehead atoms. The quantitative estimate of drug-likeness (QED) is 0.713. The second kappa shape index (κ2) is 6.12. The molecule has 1 aromatic rings. The van der Waals surface area contributed by atoms with Crippen molar-refractivity contribution < 1.29 is 8.85 Å². The van der Waals surface area contributed by atoms with Gasteiger partial charge in [-0.1, -0.05) is 36.9 Å². The summed E-state index contributed by atoms with van der Waals surface area (Å²) in [5.74, 6) is 0. The number of rotatable bonds is 6. The molecule has 0 radical (unpaired) electrons. The van der Waals surface area contributed by atoms with Crippen LogP contribution in [-0.4, -0.2) is 47.9 Å². The minimum Gasteiger partial charge on any atom is -0.394 e. The van der Waals surface area contributed by atoms with Crippen LogP contribution in [0.3, 0.4) is 0 Å². The number of nitrogens with zero attached hydrogens (tertiary/aromatic N) is 1. The molecule has 17 heavy (non-hydrogen) atoms. The van der Waals surface area contributed by atoms with Crippen LogP contribution in [0.4, 0.5) is 0 Å². The normalized spacial score (nSPS) is 11.8. The fourth-order valence-electron chi connectivity index (χ4n) is 1.96. The van der Waals surface area contributed by atoms with E-state index in [0.717, 1.165) is 16.9 Å². The summed E-state index contributed by atoms with van der Waals surface area (Å²) >= 11 is 0. The highest BCUT2D eigenvalue weighted by atomic mass is 28.4. The van der Waals surface area contributed by atoms with Crippen LogP contribution in [0.25, 0.3) is 6.08 Å². The summed E-state index contributed by atoms with van der Waals surface area (Å²) in [6.07, 6.45) is 2.63. The third-order valence-corrected chi connectivity index (χ3v) is 6.42. The minimum atomic E-state index is -2.39. The van der Waals surface area contributed by atoms with Crippen LogP contribution in [0.2, 0.25) is 0 Å². The Hall–Kier alpha value is -0.943. The molecule has 0 fully saturated rings. The Kier molecular flexibility index (Phi) is 5.08. The molecule has 0 saturated carbocycles. The Morgan fingerprint density at radius 1 is 1.24 bits per heavy atom. The molecular formula is C13H21NO2Si. The van der Waals surface area contributed by atoms with Crippen molar-refractivity contribution in [3.05, 3.63) is 36.4 Å². The van der Waals surface area contributed by atoms with Gasteiger partial charge in [-0.25, -0.2) is 0 Å². The minimum absolute atomic E-state index is 0.783. The van der Waals surface area contributed by atoms with Crippen molar-refractivity contribution in [1.82, 2.24) is 4.90 Å². The lowest BCUT2D eigenvalue weighted by molar-refractivity contribution is 0.238. The van der Waals surface area contributed by atoms with Crippen LogP contribution < -0.4 is 5.19 Å². The average molecular weight is 251 g/mol. The Bertz CT molecular complexity index is 375. The van der Waals surface area contributed by atoms with Gasteiger partial charge in [0.2, 0.25) is 0 Å². The van der Waals surface area contributed by atoms with E-state index in [1.54, 1.807) is 14.2 Å². The molecule has 0 amide bonds. The van der Waals surface area contributed by atoms with Gasteiger partial charge >= 0.3 is 8.56 Å². The standard InChI is InChI=1S/C13H21NO2Si/c1-6-12-9-7-8-10-13(12)17(15-4,16-5)11-14(2)3/h6-10H,1,11H2,2-5H3. The fraction of sp³-hybridized carbons (Fsp3) is 0.385. The van der Waals surface area contributed by atoms with E-state index in [2.05, 4.69) is 17.5 Å². The van der Waals surface area contributed by atoms with Gasteiger partial charge in [-0.3, -0.25) is 0 Å². The van der Waals surface area contributed by atoms with Crippen LogP contribution in [-0.2, 0) is 8.85 Å². The largest absolute Gasteiger partial charge is 0.394 e. The first-order valence-electron chi connectivity index (χ1n) is 5.56. The van der Waals surface area contributed by atoms with Crippen LogP contribution in [0.5, 0.6) is 0 Å². The first-order chi connectivity index (χ1) is 8.09. The van der Waals surface area contributed by atoms with Gasteiger partial charge in [0, 0.05) is 25.6 Å². The third kappa shape index (κ3) is 3.04. The summed E-state index contributed by atoms with van der Waals surface area (Å²) in [5.41, 5.74) is 1.09. The van der Waals surface area contributed by atoms with E-state index >= 15 is 0 Å². The van der Waals surface area contributed by atoms with Gasteiger partial charge in [-0.05, 0) is 19.7 Å². The molecule has 3 nitrogen and oxygen atoms in total. The molecule has 1 aromatic carbocycles. The first kappa shape index (κ1) is 14.1. The highest BCUT2D eigenvalue weighted by Crippen LogP contribution is 2.11. The Morgan fingerprint density at radius 3 is 2.29 bits per heavy atom. The maximum absolute atomic E-state index is 5.75. The summed E-state index contributed by atoms with van der Waals surface area (Å²) in [5, 5.41) is 1.13. The summed E-state index contributed by atoms with van der Waals surface area (Å²) in [6, 6.07) is 8.12. The Labute approximate surface area is 105 Å². The van der Waals surface area contributed by atoms with Crippen LogP contribution in [0, 0.1) is 0 Å². The number of hydrogen-bond donors (Lipinski definition) is 0. The van der Waals surface area contributed by atoms with Crippen molar-refractivity contribution in [3.8, 4) is 0 Å². The van der Waals surface area contributed by atoms with E-state index in [1.807, 2.05) is 38.4 Å². The lowest BCUT2D eigenvalue weighted by atomic mass is 10.2. The fourth-order valence-corrected chi connectivity index (χ4v) is 4.80. The van der Waals surface area contributed by atoms with Gasteiger partial charge in [0.25, 0.3) is 0 Å². The summed E-state index contributed by atoms with van der Waals surface area (Å²) in [6.45, 7) is 3.85. The van der Waals surface area contributed by atoms with E-state index in [-0.39, 0.29) is 0 Å². The van der Waals surface area contributed by atoms with Crippen LogP contribution in [0.15, 0.2) is 30.8 Å². The maximum atomic E-state index is 5.75. The molecule has 0 N–H and O–H groups in total. The molecule has 0 saturated heterocycles. The Balaban J connectivity index is 3.25. The van der Waals surface area contributed by atoms with E-state index in [1.165, 1.54) is 0 Å². The lowest BCUT2D eigenvalue weighted by Crippen LogP contribution is -2.60. The lowest BCUT2D eigenvalue weighted by Gasteiger charge is -2.31. The Morgan fingerprint density at radius 2 is 1.82 bits per heavy atom. The molecule has 0 aliphatic heterocycles. The molecule has 0 aromatic heterocycles. The SMILES string of the molecule is C=Cc1ccccc1[Si](CN(C)C)(OC)OC. The van der Waals surface area contributed by atoms with Gasteiger partial charge in [0.05, 0.1) is 0 Å². The second-order valence-electron chi connectivity index (χ2n) is 4.19. The monoisotopic (exact) mass is 251 g/mol. The van der Waals surface area contributed by atoms with Gasteiger partial charge in [-0.2, -0.15) is 0 Å². The first-order valence-corrected chi connectivity index (χ1v) is 7.59. The smallest absolute Gasteiger partial charge is 0.387 e. The topological polar surface area (TPSA) is 21.7 Å². The second-order valence-corrected chi connectivity index (χ2v) is 7.37. The zero-order chi connectivity index (χ0) is 12.9. The zero-order valence-electron chi connectivity index (χ0n) is 11.1. The summed E-state index contributed by atoms with van der Waals surface area (Å²) < 4.78 is 11.5.